The lowest BCUT2D eigenvalue weighted by Crippen LogP contribution is -2.71. The molecule has 43 heavy (non-hydrogen) atoms. The first-order valence-electron chi connectivity index (χ1n) is 11.8. The van der Waals surface area contributed by atoms with Crippen molar-refractivity contribution in [3.05, 3.63) is 74.9 Å². The highest BCUT2D eigenvalue weighted by atomic mass is 32.2. The van der Waals surface area contributed by atoms with Crippen LogP contribution in [-0.2, 0) is 30.6 Å². The number of hydrogen-bond acceptors (Lipinski definition) is 12. The summed E-state index contributed by atoms with van der Waals surface area (Å²) >= 11 is 7.39. The number of halogens is 3. The summed E-state index contributed by atoms with van der Waals surface area (Å²) in [5.41, 5.74) is 0.784. The number of alkyl halides is 3. The van der Waals surface area contributed by atoms with Gasteiger partial charge in [0.05, 0.1) is 4.92 Å². The number of oxime groups is 1. The van der Waals surface area contributed by atoms with Gasteiger partial charge in [-0.25, -0.2) is 4.98 Å². The van der Waals surface area contributed by atoms with E-state index in [1.807, 2.05) is 0 Å². The molecule has 4 rings (SSSR count). The van der Waals surface area contributed by atoms with Crippen LogP contribution in [0.15, 0.2) is 58.7 Å². The molecule has 226 valence electrons. The number of benzene rings is 1. The smallest absolute Gasteiger partial charge is 0.471 e. The monoisotopic (exact) mass is 656 g/mol. The van der Waals surface area contributed by atoms with E-state index in [-0.39, 0.29) is 23.0 Å². The Morgan fingerprint density at radius 3 is 2.65 bits per heavy atom. The topological polar surface area (TPSA) is 165 Å². The summed E-state index contributed by atoms with van der Waals surface area (Å²) in [6.45, 7) is 3.74. The van der Waals surface area contributed by atoms with E-state index < -0.39 is 51.1 Å². The number of ether oxygens (including phenoxy) is 1. The number of amides is 3. The Bertz CT molecular complexity index is 1560. The lowest BCUT2D eigenvalue weighted by Gasteiger charge is -2.50. The number of rotatable bonds is 10. The van der Waals surface area contributed by atoms with E-state index in [1.165, 1.54) is 52.4 Å². The minimum atomic E-state index is -5.14. The number of thioether (sulfide) groups is 1. The van der Waals surface area contributed by atoms with Gasteiger partial charge in [-0.05, 0) is 35.5 Å². The van der Waals surface area contributed by atoms with Gasteiger partial charge in [-0.1, -0.05) is 17.8 Å². The van der Waals surface area contributed by atoms with Gasteiger partial charge in [0.2, 0.25) is 5.05 Å². The average molecular weight is 657 g/mol. The zero-order valence-corrected chi connectivity index (χ0v) is 24.2. The van der Waals surface area contributed by atoms with E-state index in [1.54, 1.807) is 5.32 Å². The fourth-order valence-electron chi connectivity index (χ4n) is 3.83. The van der Waals surface area contributed by atoms with Gasteiger partial charge in [0.15, 0.2) is 10.8 Å². The first-order valence-corrected chi connectivity index (χ1v) is 14.2. The number of β-lactam (4-membered cyclic amide) rings is 1. The number of hydrogen-bond donors (Lipinski definition) is 2. The highest BCUT2D eigenvalue weighted by Crippen LogP contribution is 2.41. The van der Waals surface area contributed by atoms with Crippen LogP contribution in [0.25, 0.3) is 0 Å². The van der Waals surface area contributed by atoms with Crippen LogP contribution < -0.4 is 10.6 Å². The number of nitro groups is 1. The third-order valence-electron chi connectivity index (χ3n) is 5.86. The van der Waals surface area contributed by atoms with Crippen LogP contribution >= 0.6 is 35.3 Å². The lowest BCUT2D eigenvalue weighted by atomic mass is 10.0. The highest BCUT2D eigenvalue weighted by Gasteiger charge is 2.53. The van der Waals surface area contributed by atoms with Crippen LogP contribution in [0.5, 0.6) is 0 Å². The summed E-state index contributed by atoms with van der Waals surface area (Å²) in [5.74, 6) is -3.31. The molecule has 13 nitrogen and oxygen atoms in total. The minimum absolute atomic E-state index is 0.0192. The quantitative estimate of drug-likeness (QED) is 0.127. The average Bonchev–Trinajstić information content (AvgIpc) is 3.43. The molecule has 2 aliphatic rings. The number of carbonyl (C=O) groups is 3. The van der Waals surface area contributed by atoms with Crippen molar-refractivity contribution in [2.45, 2.75) is 24.2 Å². The molecule has 0 aliphatic carbocycles. The maximum Gasteiger partial charge on any atom is 0.471 e. The summed E-state index contributed by atoms with van der Waals surface area (Å²) in [6.07, 6.45) is -3.61. The Morgan fingerprint density at radius 1 is 1.35 bits per heavy atom. The molecule has 1 saturated heterocycles. The standard InChI is InChI=1S/C24H19F3N6O7S3/c1-3-12-9-42-20-16(19(35)32(20)17(12)21(41)40-8-11-4-6-13(7-5-11)33(37)38)29-18(34)15(31-39-2)14-10-43-23(28-14)30-22(36)24(25,26)27/h3-7,10,16,20H,1,8-9H2,2H3,(H,29,34)(H,28,30,36)/t16?,20-/m1/s1. The Hall–Kier alpha value is -4.36. The van der Waals surface area contributed by atoms with Crippen molar-refractivity contribution < 1.29 is 42.1 Å². The second kappa shape index (κ2) is 12.9. The van der Waals surface area contributed by atoms with Gasteiger partial charge >= 0.3 is 12.1 Å². The first-order chi connectivity index (χ1) is 20.3. The van der Waals surface area contributed by atoms with Crippen LogP contribution in [0.3, 0.4) is 0 Å². The Kier molecular flexibility index (Phi) is 9.46. The molecule has 0 saturated carbocycles. The van der Waals surface area contributed by atoms with Crippen molar-refractivity contribution in [3.63, 3.8) is 0 Å². The fourth-order valence-corrected chi connectivity index (χ4v) is 6.15. The van der Waals surface area contributed by atoms with Crippen molar-refractivity contribution in [1.29, 1.82) is 0 Å². The van der Waals surface area contributed by atoms with Crippen LogP contribution in [0, 0.1) is 10.1 Å². The second-order valence-corrected chi connectivity index (χ2v) is 10.9. The normalized spacial score (nSPS) is 18.3. The maximum absolute atomic E-state index is 13.2. The number of non-ortho nitro benzene ring substituents is 1. The van der Waals surface area contributed by atoms with Gasteiger partial charge in [-0.15, -0.1) is 23.1 Å². The summed E-state index contributed by atoms with van der Waals surface area (Å²) in [6, 6.07) is 4.63. The molecule has 0 radical (unpaired) electrons. The number of nitro benzene ring substituents is 1. The number of thiazole rings is 1. The van der Waals surface area contributed by atoms with Gasteiger partial charge in [0, 0.05) is 23.3 Å². The molecule has 19 heteroatoms. The maximum atomic E-state index is 13.2. The van der Waals surface area contributed by atoms with Crippen molar-refractivity contribution >= 4 is 74.6 Å². The van der Waals surface area contributed by atoms with Crippen molar-refractivity contribution in [1.82, 2.24) is 15.2 Å². The first kappa shape index (κ1) is 31.6. The number of aromatic nitrogens is 1. The number of thiocarbonyl (C=S) groups is 1. The molecule has 3 heterocycles. The number of nitrogens with one attached hydrogen (secondary N) is 2. The van der Waals surface area contributed by atoms with Gasteiger partial charge < -0.3 is 14.9 Å². The zero-order chi connectivity index (χ0) is 31.5. The summed E-state index contributed by atoms with van der Waals surface area (Å²) in [7, 11) is 1.13. The largest absolute Gasteiger partial charge is 0.477 e. The minimum Gasteiger partial charge on any atom is -0.477 e. The predicted molar refractivity (Wildman–Crippen MR) is 153 cm³/mol. The molecule has 1 fully saturated rings. The van der Waals surface area contributed by atoms with E-state index in [0.29, 0.717) is 33.9 Å². The van der Waals surface area contributed by atoms with Gasteiger partial charge in [-0.3, -0.25) is 34.7 Å². The van der Waals surface area contributed by atoms with Crippen LogP contribution in [-0.4, -0.2) is 73.7 Å². The molecule has 2 aliphatic heterocycles. The number of carbonyl (C=O) groups excluding carboxylic acids is 3. The van der Waals surface area contributed by atoms with Gasteiger partial charge in [0.1, 0.15) is 36.5 Å². The van der Waals surface area contributed by atoms with E-state index in [4.69, 9.17) is 17.0 Å². The molecule has 1 unspecified atom stereocenters. The SMILES string of the molecule is C=CC1=C(C(=S)OCc2ccc([N+](=O)[O-])cc2)N2C(=O)C(NC(=O)C(=NOC)c3csc(NC(=O)C(F)(F)F)n3)[C@H]2SC1. The lowest BCUT2D eigenvalue weighted by molar-refractivity contribution is -0.384. The van der Waals surface area contributed by atoms with Crippen molar-refractivity contribution in [2.75, 3.05) is 18.2 Å². The second-order valence-electron chi connectivity index (χ2n) is 8.55. The van der Waals surface area contributed by atoms with Gasteiger partial charge in [-0.2, -0.15) is 13.2 Å². The Labute approximate surface area is 253 Å². The molecular weight excluding hydrogens is 637 g/mol. The number of allylic oxidation sites excluding steroid dienone is 1. The van der Waals surface area contributed by atoms with E-state index in [2.05, 4.69) is 26.9 Å². The number of fused-ring (bicyclic) bond motifs is 1. The van der Waals surface area contributed by atoms with Crippen LogP contribution in [0.4, 0.5) is 24.0 Å². The molecular formula is C24H19F3N6O7S3. The van der Waals surface area contributed by atoms with E-state index in [0.717, 1.165) is 7.11 Å². The molecule has 2 atom stereocenters. The number of anilines is 1. The van der Waals surface area contributed by atoms with E-state index >= 15 is 0 Å². The molecule has 1 aromatic heterocycles. The fraction of sp³-hybridized carbons (Fsp3) is 0.250. The van der Waals surface area contributed by atoms with Crippen molar-refractivity contribution in [3.8, 4) is 0 Å². The van der Waals surface area contributed by atoms with E-state index in [9.17, 15) is 37.7 Å². The van der Waals surface area contributed by atoms with Crippen LogP contribution in [0.1, 0.15) is 11.3 Å². The molecule has 0 spiro atoms. The molecule has 1 aromatic carbocycles. The molecule has 2 N–H and O–H groups in total. The third-order valence-corrected chi connectivity index (χ3v) is 8.23. The Morgan fingerprint density at radius 2 is 2.05 bits per heavy atom. The zero-order valence-electron chi connectivity index (χ0n) is 21.7. The predicted octanol–water partition coefficient (Wildman–Crippen LogP) is 3.29. The number of nitrogens with zero attached hydrogens (tertiary/aromatic N) is 4. The molecule has 2 aromatic rings. The van der Waals surface area contributed by atoms with Crippen LogP contribution in [0.2, 0.25) is 0 Å². The Balaban J connectivity index is 1.44. The molecule has 3 amide bonds. The summed E-state index contributed by atoms with van der Waals surface area (Å²) < 4.78 is 43.4. The third kappa shape index (κ3) is 6.83. The van der Waals surface area contributed by atoms with Gasteiger partial charge in [0.25, 0.3) is 17.5 Å². The summed E-state index contributed by atoms with van der Waals surface area (Å²) in [5, 5.41) is 18.7. The van der Waals surface area contributed by atoms with Crippen molar-refractivity contribution in [2.24, 2.45) is 5.16 Å². The summed E-state index contributed by atoms with van der Waals surface area (Å²) in [4.78, 5) is 57.7. The molecule has 0 bridgehead atoms. The highest BCUT2D eigenvalue weighted by molar-refractivity contribution is 8.00.